The summed E-state index contributed by atoms with van der Waals surface area (Å²) in [5, 5.41) is 0. The highest BCUT2D eigenvalue weighted by Crippen LogP contribution is 2.26. The van der Waals surface area contributed by atoms with Gasteiger partial charge < -0.3 is 4.74 Å². The minimum absolute atomic E-state index is 0. The first kappa shape index (κ1) is 12.0. The molecule has 2 aliphatic heterocycles. The minimum Gasteiger partial charge on any atom is -0.378 e. The van der Waals surface area contributed by atoms with Gasteiger partial charge in [-0.2, -0.15) is 0 Å². The smallest absolute Gasteiger partial charge is 0.0645 e. The maximum Gasteiger partial charge on any atom is 0.0645 e. The zero-order valence-corrected chi connectivity index (χ0v) is 8.83. The Labute approximate surface area is 88.6 Å². The van der Waals surface area contributed by atoms with E-state index in [2.05, 4.69) is 18.7 Å². The van der Waals surface area contributed by atoms with E-state index in [0.29, 0.717) is 0 Å². The van der Waals surface area contributed by atoms with Gasteiger partial charge in [0.2, 0.25) is 0 Å². The first-order chi connectivity index (χ1) is 6.27. The van der Waals surface area contributed by atoms with E-state index < -0.39 is 0 Å². The molecule has 0 aromatic rings. The number of nitrogens with zero attached hydrogens (tertiary/aromatic N) is 1. The van der Waals surface area contributed by atoms with E-state index >= 15 is 0 Å². The lowest BCUT2D eigenvalue weighted by atomic mass is 9.86. The van der Waals surface area contributed by atoms with Crippen LogP contribution in [0.2, 0.25) is 0 Å². The fourth-order valence-electron chi connectivity index (χ4n) is 2.39. The molecule has 0 spiro atoms. The largest absolute Gasteiger partial charge is 0.378 e. The van der Waals surface area contributed by atoms with Crippen LogP contribution in [0.15, 0.2) is 0 Å². The van der Waals surface area contributed by atoms with E-state index in [0.717, 1.165) is 31.1 Å². The van der Waals surface area contributed by atoms with Gasteiger partial charge in [0.25, 0.3) is 0 Å². The third-order valence-electron chi connectivity index (χ3n) is 3.65. The van der Waals surface area contributed by atoms with Gasteiger partial charge >= 0.3 is 0 Å². The molecule has 0 aromatic heterocycles. The number of rotatable bonds is 2. The van der Waals surface area contributed by atoms with E-state index in [9.17, 15) is 0 Å². The highest BCUT2D eigenvalue weighted by Gasteiger charge is 2.30. The van der Waals surface area contributed by atoms with Gasteiger partial charge in [0.05, 0.1) is 19.3 Å². The molecule has 2 heteroatoms. The van der Waals surface area contributed by atoms with Crippen LogP contribution in [-0.2, 0) is 4.74 Å². The third-order valence-corrected chi connectivity index (χ3v) is 3.65. The molecule has 2 heterocycles. The quantitative estimate of drug-likeness (QED) is 0.677. The van der Waals surface area contributed by atoms with E-state index in [1.807, 2.05) is 0 Å². The van der Waals surface area contributed by atoms with Gasteiger partial charge in [-0.05, 0) is 37.8 Å². The molecule has 0 bridgehead atoms. The maximum atomic E-state index is 5.22. The summed E-state index contributed by atoms with van der Waals surface area (Å²) in [6, 6.07) is 0.758. The Morgan fingerprint density at radius 1 is 1.14 bits per heavy atom. The van der Waals surface area contributed by atoms with E-state index in [1.54, 1.807) is 0 Å². The molecular formula is C12H25NO. The Hall–Kier alpha value is -0.0800. The molecule has 2 rings (SSSR count). The van der Waals surface area contributed by atoms with Gasteiger partial charge in [-0.25, -0.2) is 0 Å². The molecule has 2 nitrogen and oxygen atoms in total. The normalized spacial score (nSPS) is 25.9. The molecule has 0 amide bonds. The van der Waals surface area contributed by atoms with Crippen molar-refractivity contribution in [3.63, 3.8) is 0 Å². The second-order valence-corrected chi connectivity index (χ2v) is 4.81. The predicted octanol–water partition coefficient (Wildman–Crippen LogP) is 2.39. The summed E-state index contributed by atoms with van der Waals surface area (Å²) < 4.78 is 5.22. The Kier molecular flexibility index (Phi) is 4.39. The monoisotopic (exact) mass is 199 g/mol. The Balaban J connectivity index is 0.000000980. The summed E-state index contributed by atoms with van der Waals surface area (Å²) in [7, 11) is 0. The second kappa shape index (κ2) is 5.13. The summed E-state index contributed by atoms with van der Waals surface area (Å²) in [5.41, 5.74) is 0. The van der Waals surface area contributed by atoms with Crippen molar-refractivity contribution >= 4 is 0 Å². The number of piperidine rings is 1. The maximum absolute atomic E-state index is 5.22. The number of hydrogen-bond donors (Lipinski definition) is 0. The molecule has 0 radical (unpaired) electrons. The molecule has 0 atom stereocenters. The molecule has 2 fully saturated rings. The van der Waals surface area contributed by atoms with Gasteiger partial charge in [-0.3, -0.25) is 4.90 Å². The van der Waals surface area contributed by atoms with Crippen molar-refractivity contribution < 1.29 is 4.74 Å². The van der Waals surface area contributed by atoms with Crippen molar-refractivity contribution in [3.05, 3.63) is 0 Å². The summed E-state index contributed by atoms with van der Waals surface area (Å²) >= 11 is 0. The van der Waals surface area contributed by atoms with E-state index in [4.69, 9.17) is 4.74 Å². The van der Waals surface area contributed by atoms with Gasteiger partial charge in [-0.1, -0.05) is 21.3 Å². The van der Waals surface area contributed by atoms with Crippen molar-refractivity contribution in [2.75, 3.05) is 26.3 Å². The number of likely N-dealkylation sites (tertiary alicyclic amines) is 1. The average molecular weight is 199 g/mol. The topological polar surface area (TPSA) is 12.5 Å². The van der Waals surface area contributed by atoms with E-state index in [1.165, 1.54) is 25.9 Å². The van der Waals surface area contributed by atoms with E-state index in [-0.39, 0.29) is 7.43 Å². The standard InChI is InChI=1S/C11H21NO.CH4/c1-9(2)10-3-5-12(6-4-10)11-7-13-8-11;/h9-11H,3-8H2,1-2H3;1H4. The zero-order valence-electron chi connectivity index (χ0n) is 8.83. The lowest BCUT2D eigenvalue weighted by Gasteiger charge is -2.42. The van der Waals surface area contributed by atoms with Crippen LogP contribution in [0.4, 0.5) is 0 Å². The fourth-order valence-corrected chi connectivity index (χ4v) is 2.39. The van der Waals surface area contributed by atoms with Crippen LogP contribution < -0.4 is 0 Å². The molecule has 0 aliphatic carbocycles. The average Bonchev–Trinajstić information content (AvgIpc) is 2.02. The minimum atomic E-state index is 0. The molecule has 84 valence electrons. The summed E-state index contributed by atoms with van der Waals surface area (Å²) in [6.07, 6.45) is 2.79. The zero-order chi connectivity index (χ0) is 9.26. The molecular weight excluding hydrogens is 174 g/mol. The fraction of sp³-hybridized carbons (Fsp3) is 1.00. The van der Waals surface area contributed by atoms with Crippen molar-refractivity contribution in [1.82, 2.24) is 4.90 Å². The Morgan fingerprint density at radius 2 is 1.71 bits per heavy atom. The van der Waals surface area contributed by atoms with Gasteiger partial charge in [0, 0.05) is 0 Å². The SMILES string of the molecule is C.CC(C)C1CCN(C2COC2)CC1. The van der Waals surface area contributed by atoms with Gasteiger partial charge in [0.15, 0.2) is 0 Å². The molecule has 14 heavy (non-hydrogen) atoms. The first-order valence-electron chi connectivity index (χ1n) is 5.59. The van der Waals surface area contributed by atoms with Crippen molar-refractivity contribution in [2.24, 2.45) is 11.8 Å². The van der Waals surface area contributed by atoms with Crippen molar-refractivity contribution in [2.45, 2.75) is 40.2 Å². The second-order valence-electron chi connectivity index (χ2n) is 4.81. The molecule has 2 aliphatic rings. The highest BCUT2D eigenvalue weighted by atomic mass is 16.5. The van der Waals surface area contributed by atoms with Crippen LogP contribution in [0.1, 0.15) is 34.1 Å². The summed E-state index contributed by atoms with van der Waals surface area (Å²) in [5.74, 6) is 1.84. The Morgan fingerprint density at radius 3 is 2.07 bits per heavy atom. The van der Waals surface area contributed by atoms with Crippen LogP contribution in [0.3, 0.4) is 0 Å². The number of ether oxygens (including phenoxy) is 1. The van der Waals surface area contributed by atoms with Crippen LogP contribution in [-0.4, -0.2) is 37.2 Å². The summed E-state index contributed by atoms with van der Waals surface area (Å²) in [6.45, 7) is 9.27. The highest BCUT2D eigenvalue weighted by molar-refractivity contribution is 4.82. The van der Waals surface area contributed by atoms with Crippen molar-refractivity contribution in [1.29, 1.82) is 0 Å². The first-order valence-corrected chi connectivity index (χ1v) is 5.59. The number of hydrogen-bond acceptors (Lipinski definition) is 2. The Bertz CT molecular complexity index is 158. The predicted molar refractivity (Wildman–Crippen MR) is 60.5 cm³/mol. The van der Waals surface area contributed by atoms with Crippen LogP contribution in [0.5, 0.6) is 0 Å². The van der Waals surface area contributed by atoms with Crippen LogP contribution >= 0.6 is 0 Å². The molecule has 2 saturated heterocycles. The molecule has 0 N–H and O–H groups in total. The summed E-state index contributed by atoms with van der Waals surface area (Å²) in [4.78, 5) is 2.61. The molecule has 0 aromatic carbocycles. The third kappa shape index (κ3) is 2.48. The van der Waals surface area contributed by atoms with Crippen LogP contribution in [0.25, 0.3) is 0 Å². The van der Waals surface area contributed by atoms with Gasteiger partial charge in [0.1, 0.15) is 0 Å². The molecule has 0 saturated carbocycles. The molecule has 0 unspecified atom stereocenters. The lowest BCUT2D eigenvalue weighted by molar-refractivity contribution is -0.0753. The van der Waals surface area contributed by atoms with Crippen LogP contribution in [0, 0.1) is 11.8 Å². The van der Waals surface area contributed by atoms with Crippen molar-refractivity contribution in [3.8, 4) is 0 Å². The van der Waals surface area contributed by atoms with Gasteiger partial charge in [-0.15, -0.1) is 0 Å². The lowest BCUT2D eigenvalue weighted by Crippen LogP contribution is -2.52.